The quantitative estimate of drug-likeness (QED) is 0.752. The Hall–Kier alpha value is -1.24. The van der Waals surface area contributed by atoms with E-state index >= 15 is 0 Å². The van der Waals surface area contributed by atoms with E-state index in [-0.39, 0.29) is 0 Å². The van der Waals surface area contributed by atoms with Crippen LogP contribution in [0.2, 0.25) is 0 Å². The van der Waals surface area contributed by atoms with E-state index in [4.69, 9.17) is 14.5 Å². The van der Waals surface area contributed by atoms with Crippen LogP contribution in [0.25, 0.3) is 11.0 Å². The highest BCUT2D eigenvalue weighted by Crippen LogP contribution is 2.34. The zero-order valence-electron chi connectivity index (χ0n) is 14.8. The molecular weight excluding hydrogens is 322 g/mol. The minimum atomic E-state index is -0.493. The van der Waals surface area contributed by atoms with Crippen molar-refractivity contribution in [3.63, 3.8) is 0 Å². The lowest BCUT2D eigenvalue weighted by Gasteiger charge is -2.28. The van der Waals surface area contributed by atoms with Gasteiger partial charge in [0.1, 0.15) is 12.4 Å². The van der Waals surface area contributed by atoms with Crippen LogP contribution in [0.3, 0.4) is 0 Å². The van der Waals surface area contributed by atoms with Gasteiger partial charge in [0.05, 0.1) is 37.2 Å². The van der Waals surface area contributed by atoms with Crippen molar-refractivity contribution in [3.05, 3.63) is 24.5 Å². The molecule has 132 valence electrons. The van der Waals surface area contributed by atoms with E-state index in [2.05, 4.69) is 46.6 Å². The van der Waals surface area contributed by atoms with E-state index in [1.807, 2.05) is 6.20 Å². The molecule has 2 aliphatic heterocycles. The molecule has 6 heteroatoms. The van der Waals surface area contributed by atoms with Gasteiger partial charge in [-0.25, -0.2) is 15.0 Å². The van der Waals surface area contributed by atoms with Gasteiger partial charge in [-0.1, -0.05) is 0 Å². The van der Waals surface area contributed by atoms with Gasteiger partial charge in [0.25, 0.3) is 0 Å². The van der Waals surface area contributed by atoms with Crippen LogP contribution in [0.1, 0.15) is 6.42 Å². The number of nitrogens with zero attached hydrogens (tertiary/aromatic N) is 3. The molecule has 0 amide bonds. The molecule has 2 saturated heterocycles. The summed E-state index contributed by atoms with van der Waals surface area (Å²) in [6.07, 6.45) is 12.6. The molecule has 5 nitrogen and oxygen atoms in total. The van der Waals surface area contributed by atoms with Crippen LogP contribution in [0.4, 0.5) is 5.69 Å². The lowest BCUT2D eigenvalue weighted by atomic mass is 10.2. The summed E-state index contributed by atoms with van der Waals surface area (Å²) in [5.74, 6) is 1.14. The monoisotopic (exact) mass is 349 g/mol. The molecule has 2 aromatic heterocycles. The van der Waals surface area contributed by atoms with Gasteiger partial charge < -0.3 is 18.9 Å². The Morgan fingerprint density at radius 1 is 1.38 bits per heavy atom. The second-order valence-corrected chi connectivity index (χ2v) is 12.3. The van der Waals surface area contributed by atoms with E-state index in [0.29, 0.717) is 18.9 Å². The van der Waals surface area contributed by atoms with Gasteiger partial charge in [-0.15, -0.1) is 0 Å². The third-order valence-electron chi connectivity index (χ3n) is 4.89. The average molecular weight is 350 g/mol. The third kappa shape index (κ3) is 3.27. The smallest absolute Gasteiger partial charge is 0.141 e. The highest BCUT2D eigenvalue weighted by atomic mass is 32.3. The Kier molecular flexibility index (Phi) is 4.22. The minimum absolute atomic E-state index is 0.411. The molecule has 2 aromatic rings. The molecule has 4 rings (SSSR count). The number of anilines is 1. The van der Waals surface area contributed by atoms with Crippen molar-refractivity contribution >= 4 is 26.7 Å². The molecule has 0 saturated carbocycles. The Labute approximate surface area is 145 Å². The van der Waals surface area contributed by atoms with Crippen molar-refractivity contribution in [1.29, 1.82) is 0 Å². The number of rotatable bonds is 6. The maximum Gasteiger partial charge on any atom is 0.141 e. The van der Waals surface area contributed by atoms with Crippen molar-refractivity contribution in [3.8, 4) is 0 Å². The summed E-state index contributed by atoms with van der Waals surface area (Å²) in [7, 11) is -0.493. The summed E-state index contributed by atoms with van der Waals surface area (Å²) in [6.45, 7) is 3.24. The SMILES string of the molecule is CS(C)(C)CCOCn1ccc2cc(N3CC4CC3CO4)cnc21. The predicted molar refractivity (Wildman–Crippen MR) is 101 cm³/mol. The molecule has 0 spiro atoms. The second-order valence-electron chi connectivity index (χ2n) is 7.72. The van der Waals surface area contributed by atoms with E-state index in [9.17, 15) is 0 Å². The second kappa shape index (κ2) is 6.24. The van der Waals surface area contributed by atoms with Gasteiger partial charge in [-0.05, 0) is 37.3 Å². The molecule has 2 aliphatic rings. The molecule has 4 heterocycles. The fraction of sp³-hybridized carbons (Fsp3) is 0.611. The lowest BCUT2D eigenvalue weighted by Crippen LogP contribution is -2.36. The molecule has 0 radical (unpaired) electrons. The van der Waals surface area contributed by atoms with Gasteiger partial charge in [0.15, 0.2) is 0 Å². The Balaban J connectivity index is 1.43. The first-order valence-corrected chi connectivity index (χ1v) is 11.6. The Morgan fingerprint density at radius 3 is 2.96 bits per heavy atom. The zero-order chi connectivity index (χ0) is 16.7. The van der Waals surface area contributed by atoms with Gasteiger partial charge >= 0.3 is 0 Å². The van der Waals surface area contributed by atoms with Crippen LogP contribution < -0.4 is 4.90 Å². The van der Waals surface area contributed by atoms with Crippen LogP contribution in [0, 0.1) is 0 Å². The highest BCUT2D eigenvalue weighted by molar-refractivity contribution is 8.32. The number of hydrogen-bond acceptors (Lipinski definition) is 4. The van der Waals surface area contributed by atoms with Crippen LogP contribution in [-0.2, 0) is 16.2 Å². The Bertz CT molecular complexity index is 725. The number of morpholine rings is 1. The van der Waals surface area contributed by atoms with Gasteiger partial charge in [0, 0.05) is 23.9 Å². The summed E-state index contributed by atoms with van der Waals surface area (Å²) in [5.41, 5.74) is 2.22. The summed E-state index contributed by atoms with van der Waals surface area (Å²) in [6, 6.07) is 4.91. The molecule has 24 heavy (non-hydrogen) atoms. The fourth-order valence-corrected chi connectivity index (χ4v) is 4.13. The number of hydrogen-bond donors (Lipinski definition) is 0. The van der Waals surface area contributed by atoms with Crippen molar-refractivity contribution in [2.45, 2.75) is 25.3 Å². The van der Waals surface area contributed by atoms with Gasteiger partial charge in [-0.3, -0.25) is 0 Å². The number of ether oxygens (including phenoxy) is 2. The number of aromatic nitrogens is 2. The summed E-state index contributed by atoms with van der Waals surface area (Å²) in [4.78, 5) is 7.15. The standard InChI is InChI=1S/C18H27N3O2S/c1-24(2,3)7-6-22-13-20-5-4-14-8-15(10-19-18(14)20)21-11-17-9-16(21)12-23-17/h4-5,8,10,16-17H,6-7,9,11-13H2,1-3H3. The molecule has 2 fully saturated rings. The minimum Gasteiger partial charge on any atom is -0.374 e. The van der Waals surface area contributed by atoms with Gasteiger partial charge in [0.2, 0.25) is 0 Å². The molecule has 2 unspecified atom stereocenters. The lowest BCUT2D eigenvalue weighted by molar-refractivity contribution is 0.0923. The maximum absolute atomic E-state index is 5.85. The normalized spacial score (nSPS) is 24.2. The van der Waals surface area contributed by atoms with Crippen LogP contribution >= 0.6 is 10.0 Å². The van der Waals surface area contributed by atoms with E-state index in [0.717, 1.165) is 37.6 Å². The van der Waals surface area contributed by atoms with Crippen molar-refractivity contribution in [2.75, 3.05) is 49.2 Å². The predicted octanol–water partition coefficient (Wildman–Crippen LogP) is 2.68. The molecule has 2 bridgehead atoms. The molecular formula is C18H27N3O2S. The fourth-order valence-electron chi connectivity index (χ4n) is 3.52. The van der Waals surface area contributed by atoms with E-state index in [1.165, 1.54) is 11.1 Å². The first-order chi connectivity index (χ1) is 11.5. The molecule has 0 N–H and O–H groups in total. The largest absolute Gasteiger partial charge is 0.374 e. The van der Waals surface area contributed by atoms with Crippen molar-refractivity contribution in [1.82, 2.24) is 9.55 Å². The summed E-state index contributed by atoms with van der Waals surface area (Å²) in [5, 5.41) is 1.18. The number of pyridine rings is 1. The molecule has 0 aromatic carbocycles. The van der Waals surface area contributed by atoms with Crippen LogP contribution in [-0.4, -0.2) is 66.0 Å². The van der Waals surface area contributed by atoms with Crippen LogP contribution in [0.15, 0.2) is 24.5 Å². The molecule has 2 atom stereocenters. The Morgan fingerprint density at radius 2 is 2.25 bits per heavy atom. The first-order valence-electron chi connectivity index (χ1n) is 8.56. The maximum atomic E-state index is 5.85. The van der Waals surface area contributed by atoms with E-state index < -0.39 is 10.0 Å². The molecule has 0 aliphatic carbocycles. The number of fused-ring (bicyclic) bond motifs is 3. The van der Waals surface area contributed by atoms with Crippen LogP contribution in [0.5, 0.6) is 0 Å². The summed E-state index contributed by atoms with van der Waals surface area (Å²) < 4.78 is 13.6. The summed E-state index contributed by atoms with van der Waals surface area (Å²) >= 11 is 0. The zero-order valence-corrected chi connectivity index (χ0v) is 15.6. The van der Waals surface area contributed by atoms with Crippen molar-refractivity contribution < 1.29 is 9.47 Å². The first kappa shape index (κ1) is 16.2. The van der Waals surface area contributed by atoms with Crippen molar-refractivity contribution in [2.24, 2.45) is 0 Å². The van der Waals surface area contributed by atoms with E-state index in [1.54, 1.807) is 0 Å². The average Bonchev–Trinajstić information content (AvgIpc) is 3.25. The topological polar surface area (TPSA) is 39.5 Å². The van der Waals surface area contributed by atoms with Gasteiger partial charge in [-0.2, -0.15) is 0 Å². The third-order valence-corrected chi connectivity index (χ3v) is 6.28. The highest BCUT2D eigenvalue weighted by Gasteiger charge is 2.39.